The van der Waals surface area contributed by atoms with E-state index in [-0.39, 0.29) is 42.7 Å². The Morgan fingerprint density at radius 1 is 0.556 bits per heavy atom. The Bertz CT molecular complexity index is 942. The molecule has 2 atom stereocenters. The maximum absolute atomic E-state index is 12.7. The van der Waals surface area contributed by atoms with Crippen LogP contribution in [0.15, 0.2) is 24.3 Å². The summed E-state index contributed by atoms with van der Waals surface area (Å²) in [5.41, 5.74) is 0. The van der Waals surface area contributed by atoms with Crippen molar-refractivity contribution >= 4 is 17.9 Å². The predicted octanol–water partition coefficient (Wildman–Crippen LogP) is 10.7. The van der Waals surface area contributed by atoms with Crippen molar-refractivity contribution in [1.29, 1.82) is 0 Å². The van der Waals surface area contributed by atoms with E-state index in [1.165, 1.54) is 128 Å². The van der Waals surface area contributed by atoms with Gasteiger partial charge in [-0.15, -0.1) is 0 Å². The highest BCUT2D eigenvalue weighted by Gasteiger charge is 2.25. The van der Waals surface area contributed by atoms with Gasteiger partial charge in [-0.1, -0.05) is 167 Å². The Labute approximate surface area is 332 Å². The van der Waals surface area contributed by atoms with Gasteiger partial charge in [0.25, 0.3) is 0 Å². The van der Waals surface area contributed by atoms with Crippen molar-refractivity contribution in [2.45, 2.75) is 212 Å². The third kappa shape index (κ3) is 35.5. The van der Waals surface area contributed by atoms with Crippen LogP contribution in [0.25, 0.3) is 0 Å². The smallest absolute Gasteiger partial charge is 0.306 e. The van der Waals surface area contributed by atoms with Crippen LogP contribution >= 0.6 is 0 Å². The highest BCUT2D eigenvalue weighted by atomic mass is 16.6. The first kappa shape index (κ1) is 51.8. The van der Waals surface area contributed by atoms with Crippen molar-refractivity contribution in [3.8, 4) is 0 Å². The minimum Gasteiger partial charge on any atom is -0.544 e. The van der Waals surface area contributed by atoms with E-state index in [4.69, 9.17) is 14.2 Å². The highest BCUT2D eigenvalue weighted by Crippen LogP contribution is 2.15. The quantitative estimate of drug-likeness (QED) is 0.0265. The molecule has 316 valence electrons. The van der Waals surface area contributed by atoms with E-state index in [0.717, 1.165) is 38.5 Å². The molecule has 8 heteroatoms. The summed E-state index contributed by atoms with van der Waals surface area (Å²) in [6, 6.07) is -0.722. The van der Waals surface area contributed by atoms with Crippen LogP contribution in [-0.2, 0) is 28.6 Å². The van der Waals surface area contributed by atoms with Gasteiger partial charge in [-0.3, -0.25) is 9.59 Å². The third-order valence-electron chi connectivity index (χ3n) is 10.1. The Kier molecular flexibility index (Phi) is 36.2. The number of aliphatic carboxylic acids is 1. The SMILES string of the molecule is CCCCCC/C=C/C=C/CCCCCCCCCCCCC(=O)OC(COCCC(C(=O)[O-])[N+](C)(C)C)COC(=O)CCCCCCCCCCCC. The van der Waals surface area contributed by atoms with E-state index in [9.17, 15) is 19.5 Å². The monoisotopic (exact) mass is 764 g/mol. The highest BCUT2D eigenvalue weighted by molar-refractivity contribution is 5.70. The fraction of sp³-hybridized carbons (Fsp3) is 0.848. The number of hydrogen-bond acceptors (Lipinski definition) is 7. The summed E-state index contributed by atoms with van der Waals surface area (Å²) >= 11 is 0. The topological polar surface area (TPSA) is 102 Å². The van der Waals surface area contributed by atoms with Crippen molar-refractivity contribution in [3.63, 3.8) is 0 Å². The van der Waals surface area contributed by atoms with Crippen molar-refractivity contribution in [2.75, 3.05) is 41.0 Å². The Balaban J connectivity index is 4.26. The molecule has 0 aromatic rings. The van der Waals surface area contributed by atoms with E-state index >= 15 is 0 Å². The molecule has 0 aliphatic carbocycles. The number of ether oxygens (including phenoxy) is 3. The average molecular weight is 764 g/mol. The van der Waals surface area contributed by atoms with Crippen LogP contribution in [0.2, 0.25) is 0 Å². The molecule has 0 saturated heterocycles. The molecule has 0 bridgehead atoms. The number of nitrogens with zero attached hydrogens (tertiary/aromatic N) is 1. The van der Waals surface area contributed by atoms with Crippen molar-refractivity contribution in [2.24, 2.45) is 0 Å². The largest absolute Gasteiger partial charge is 0.544 e. The number of quaternary nitrogens is 1. The number of unbranched alkanes of at least 4 members (excludes halogenated alkanes) is 23. The lowest BCUT2D eigenvalue weighted by Gasteiger charge is -2.34. The van der Waals surface area contributed by atoms with Crippen LogP contribution in [0, 0.1) is 0 Å². The molecule has 2 unspecified atom stereocenters. The van der Waals surface area contributed by atoms with E-state index in [2.05, 4.69) is 38.2 Å². The first-order valence-electron chi connectivity index (χ1n) is 22.4. The predicted molar refractivity (Wildman–Crippen MR) is 222 cm³/mol. The van der Waals surface area contributed by atoms with Gasteiger partial charge in [-0.25, -0.2) is 0 Å². The normalized spacial score (nSPS) is 13.1. The molecule has 8 nitrogen and oxygen atoms in total. The molecule has 0 rings (SSSR count). The van der Waals surface area contributed by atoms with E-state index in [0.29, 0.717) is 12.8 Å². The van der Waals surface area contributed by atoms with Gasteiger partial charge < -0.3 is 28.6 Å². The maximum atomic E-state index is 12.7. The summed E-state index contributed by atoms with van der Waals surface area (Å²) < 4.78 is 17.1. The second-order valence-corrected chi connectivity index (χ2v) is 16.3. The third-order valence-corrected chi connectivity index (χ3v) is 10.1. The second kappa shape index (κ2) is 37.7. The number of carboxylic acids is 1. The van der Waals surface area contributed by atoms with Crippen LogP contribution in [0.1, 0.15) is 200 Å². The van der Waals surface area contributed by atoms with Crippen LogP contribution in [-0.4, -0.2) is 75.5 Å². The van der Waals surface area contributed by atoms with Crippen LogP contribution < -0.4 is 5.11 Å². The van der Waals surface area contributed by atoms with Gasteiger partial charge >= 0.3 is 11.9 Å². The number of hydrogen-bond donors (Lipinski definition) is 0. The molecule has 0 saturated carbocycles. The van der Waals surface area contributed by atoms with E-state index in [1.807, 2.05) is 0 Å². The zero-order valence-corrected chi connectivity index (χ0v) is 35.9. The average Bonchev–Trinajstić information content (AvgIpc) is 3.12. The van der Waals surface area contributed by atoms with Gasteiger partial charge in [-0.05, 0) is 38.5 Å². The first-order valence-corrected chi connectivity index (χ1v) is 22.4. The zero-order chi connectivity index (χ0) is 40.0. The molecule has 54 heavy (non-hydrogen) atoms. The van der Waals surface area contributed by atoms with Crippen molar-refractivity contribution in [3.05, 3.63) is 24.3 Å². The second-order valence-electron chi connectivity index (χ2n) is 16.3. The van der Waals surface area contributed by atoms with Gasteiger partial charge in [0, 0.05) is 19.3 Å². The summed E-state index contributed by atoms with van der Waals surface area (Å²) in [6.07, 6.45) is 40.6. The van der Waals surface area contributed by atoms with Crippen molar-refractivity contribution in [1.82, 2.24) is 0 Å². The van der Waals surface area contributed by atoms with Crippen LogP contribution in [0.5, 0.6) is 0 Å². The lowest BCUT2D eigenvalue weighted by atomic mass is 10.1. The summed E-state index contributed by atoms with van der Waals surface area (Å²) in [4.78, 5) is 36.8. The maximum Gasteiger partial charge on any atom is 0.306 e. The fourth-order valence-electron chi connectivity index (χ4n) is 6.59. The van der Waals surface area contributed by atoms with Gasteiger partial charge in [0.05, 0.1) is 40.3 Å². The Morgan fingerprint density at radius 3 is 1.41 bits per heavy atom. The Morgan fingerprint density at radius 2 is 0.963 bits per heavy atom. The van der Waals surface area contributed by atoms with E-state index in [1.54, 1.807) is 21.1 Å². The zero-order valence-electron chi connectivity index (χ0n) is 35.9. The minimum atomic E-state index is -1.12. The molecule has 0 spiro atoms. The molecule has 0 fully saturated rings. The number of allylic oxidation sites excluding steroid dienone is 4. The number of rotatable bonds is 40. The number of carboxylic acid groups (broad SMARTS) is 1. The number of likely N-dealkylation sites (N-methyl/N-ethyl adjacent to an activating group) is 1. The molecule has 0 N–H and O–H groups in total. The standard InChI is InChI=1S/C46H85NO7/c1-6-8-10-12-14-16-18-19-20-21-22-23-24-25-26-27-29-31-33-35-37-45(49)54-42(40-52-39-38-43(46(50)51)47(3,4)5)41-53-44(48)36-34-32-30-28-17-15-13-11-9-7-2/h16,18-20,42-43H,6-15,17,21-41H2,1-5H3/b18-16+,20-19+. The summed E-state index contributed by atoms with van der Waals surface area (Å²) in [7, 11) is 5.41. The number of carbonyl (C=O) groups excluding carboxylic acids is 3. The molecule has 0 amide bonds. The molecule has 0 aliphatic rings. The summed E-state index contributed by atoms with van der Waals surface area (Å²) in [6.45, 7) is 4.64. The van der Waals surface area contributed by atoms with Gasteiger partial charge in [0.15, 0.2) is 6.10 Å². The molecule has 0 radical (unpaired) electrons. The van der Waals surface area contributed by atoms with E-state index < -0.39 is 18.1 Å². The van der Waals surface area contributed by atoms with Gasteiger partial charge in [-0.2, -0.15) is 0 Å². The van der Waals surface area contributed by atoms with Crippen LogP contribution in [0.3, 0.4) is 0 Å². The lowest BCUT2D eigenvalue weighted by Crippen LogP contribution is -2.55. The van der Waals surface area contributed by atoms with Gasteiger partial charge in [0.2, 0.25) is 0 Å². The molecule has 0 heterocycles. The number of carbonyl (C=O) groups is 3. The molecule has 0 aromatic heterocycles. The van der Waals surface area contributed by atoms with Crippen molar-refractivity contribution < 1.29 is 38.2 Å². The Hall–Kier alpha value is -2.19. The molecular formula is C46H85NO7. The first-order chi connectivity index (χ1) is 26.1. The fourth-order valence-corrected chi connectivity index (χ4v) is 6.59. The molecule has 0 aliphatic heterocycles. The lowest BCUT2D eigenvalue weighted by molar-refractivity contribution is -0.889. The van der Waals surface area contributed by atoms with Crippen LogP contribution in [0.4, 0.5) is 0 Å². The van der Waals surface area contributed by atoms with Gasteiger partial charge in [0.1, 0.15) is 12.6 Å². The number of esters is 2. The summed E-state index contributed by atoms with van der Waals surface area (Å²) in [5, 5.41) is 11.6. The minimum absolute atomic E-state index is 0.0431. The molecular weight excluding hydrogens is 679 g/mol. The molecule has 0 aromatic carbocycles. The summed E-state index contributed by atoms with van der Waals surface area (Å²) in [5.74, 6) is -1.73.